The quantitative estimate of drug-likeness (QED) is 0.713. The number of hydrogen-bond acceptors (Lipinski definition) is 5. The standard InChI is InChI=1S/C18H21N3O4S/c1-11(2)7-12-10-26-17-15(12)16(23)20(3)18(24)21(17)9-14(22)19-8-13-5-4-6-25-13/h4-6,10-11H,7-9H2,1-3H3,(H,19,22). The summed E-state index contributed by atoms with van der Waals surface area (Å²) in [7, 11) is 1.44. The second-order valence-electron chi connectivity index (χ2n) is 6.63. The lowest BCUT2D eigenvalue weighted by Gasteiger charge is -2.10. The van der Waals surface area contributed by atoms with Gasteiger partial charge in [-0.1, -0.05) is 13.8 Å². The second kappa shape index (κ2) is 7.33. The highest BCUT2D eigenvalue weighted by Gasteiger charge is 2.18. The fourth-order valence-electron chi connectivity index (χ4n) is 2.86. The predicted octanol–water partition coefficient (Wildman–Crippen LogP) is 1.87. The van der Waals surface area contributed by atoms with Crippen LogP contribution in [-0.4, -0.2) is 15.0 Å². The van der Waals surface area contributed by atoms with Gasteiger partial charge in [-0.25, -0.2) is 4.79 Å². The molecular weight excluding hydrogens is 354 g/mol. The van der Waals surface area contributed by atoms with Gasteiger partial charge < -0.3 is 9.73 Å². The van der Waals surface area contributed by atoms with E-state index in [1.807, 2.05) is 5.38 Å². The number of carbonyl (C=O) groups excluding carboxylic acids is 1. The third-order valence-corrected chi connectivity index (χ3v) is 5.15. The van der Waals surface area contributed by atoms with Crippen LogP contribution in [0.3, 0.4) is 0 Å². The zero-order valence-corrected chi connectivity index (χ0v) is 15.8. The van der Waals surface area contributed by atoms with E-state index in [9.17, 15) is 14.4 Å². The molecule has 26 heavy (non-hydrogen) atoms. The molecule has 0 saturated heterocycles. The molecule has 0 aliphatic rings. The Morgan fingerprint density at radius 2 is 2.12 bits per heavy atom. The monoisotopic (exact) mass is 375 g/mol. The summed E-state index contributed by atoms with van der Waals surface area (Å²) >= 11 is 1.33. The largest absolute Gasteiger partial charge is 0.467 e. The van der Waals surface area contributed by atoms with Gasteiger partial charge in [0.1, 0.15) is 17.1 Å². The van der Waals surface area contributed by atoms with Crippen LogP contribution in [-0.2, 0) is 31.4 Å². The van der Waals surface area contributed by atoms with Gasteiger partial charge in [0, 0.05) is 7.05 Å². The molecule has 0 atom stereocenters. The first-order valence-electron chi connectivity index (χ1n) is 8.37. The van der Waals surface area contributed by atoms with Gasteiger partial charge in [-0.3, -0.25) is 18.7 Å². The molecule has 0 aliphatic heterocycles. The molecule has 1 N–H and O–H groups in total. The van der Waals surface area contributed by atoms with E-state index >= 15 is 0 Å². The number of nitrogens with zero attached hydrogens (tertiary/aromatic N) is 2. The summed E-state index contributed by atoms with van der Waals surface area (Å²) in [5.41, 5.74) is 0.119. The van der Waals surface area contributed by atoms with Gasteiger partial charge in [-0.2, -0.15) is 0 Å². The molecule has 3 heterocycles. The normalized spacial score (nSPS) is 11.4. The van der Waals surface area contributed by atoms with E-state index in [-0.39, 0.29) is 24.6 Å². The minimum atomic E-state index is -0.492. The van der Waals surface area contributed by atoms with E-state index in [4.69, 9.17) is 4.42 Å². The third kappa shape index (κ3) is 3.50. The van der Waals surface area contributed by atoms with Crippen LogP contribution >= 0.6 is 11.3 Å². The molecule has 8 heteroatoms. The Labute approximate surface area is 153 Å². The fraction of sp³-hybridized carbons (Fsp3) is 0.389. The molecule has 1 amide bonds. The van der Waals surface area contributed by atoms with E-state index in [0.717, 1.165) is 16.6 Å². The maximum absolute atomic E-state index is 12.6. The van der Waals surface area contributed by atoms with E-state index in [1.165, 1.54) is 29.2 Å². The van der Waals surface area contributed by atoms with Gasteiger partial charge in [0.25, 0.3) is 5.56 Å². The lowest BCUT2D eigenvalue weighted by Crippen LogP contribution is -2.41. The zero-order valence-electron chi connectivity index (χ0n) is 14.9. The Hall–Kier alpha value is -2.61. The topological polar surface area (TPSA) is 86.2 Å². The molecule has 3 aromatic heterocycles. The number of nitrogens with one attached hydrogen (secondary N) is 1. The SMILES string of the molecule is CC(C)Cc1csc2c1c(=O)n(C)c(=O)n2CC(=O)NCc1ccco1. The van der Waals surface area contributed by atoms with Crippen LogP contribution in [0.2, 0.25) is 0 Å². The molecule has 0 aliphatic carbocycles. The first-order valence-corrected chi connectivity index (χ1v) is 9.25. The maximum Gasteiger partial charge on any atom is 0.332 e. The highest BCUT2D eigenvalue weighted by Crippen LogP contribution is 2.24. The number of hydrogen-bond donors (Lipinski definition) is 1. The highest BCUT2D eigenvalue weighted by molar-refractivity contribution is 7.17. The number of thiophene rings is 1. The van der Waals surface area contributed by atoms with Crippen molar-refractivity contribution in [3.8, 4) is 0 Å². The van der Waals surface area contributed by atoms with Crippen LogP contribution in [0.25, 0.3) is 10.2 Å². The van der Waals surface area contributed by atoms with Gasteiger partial charge in [-0.05, 0) is 35.4 Å². The molecule has 0 spiro atoms. The Kier molecular flexibility index (Phi) is 5.13. The van der Waals surface area contributed by atoms with Crippen molar-refractivity contribution in [3.63, 3.8) is 0 Å². The van der Waals surface area contributed by atoms with Crippen molar-refractivity contribution >= 4 is 27.5 Å². The molecular formula is C18H21N3O4S. The summed E-state index contributed by atoms with van der Waals surface area (Å²) in [6, 6.07) is 3.50. The summed E-state index contributed by atoms with van der Waals surface area (Å²) in [5, 5.41) is 5.16. The summed E-state index contributed by atoms with van der Waals surface area (Å²) in [6.07, 6.45) is 2.28. The van der Waals surface area contributed by atoms with Crippen LogP contribution in [0.4, 0.5) is 0 Å². The van der Waals surface area contributed by atoms with Crippen LogP contribution in [0.15, 0.2) is 37.8 Å². The molecule has 0 bridgehead atoms. The number of furan rings is 1. The number of fused-ring (bicyclic) bond motifs is 1. The van der Waals surface area contributed by atoms with Gasteiger partial charge in [0.05, 0.1) is 18.2 Å². The Morgan fingerprint density at radius 1 is 1.35 bits per heavy atom. The van der Waals surface area contributed by atoms with Crippen molar-refractivity contribution in [2.24, 2.45) is 13.0 Å². The third-order valence-electron chi connectivity index (χ3n) is 4.10. The lowest BCUT2D eigenvalue weighted by molar-refractivity contribution is -0.121. The van der Waals surface area contributed by atoms with Crippen molar-refractivity contribution in [1.29, 1.82) is 0 Å². The molecule has 3 aromatic rings. The van der Waals surface area contributed by atoms with E-state index in [2.05, 4.69) is 19.2 Å². The first-order chi connectivity index (χ1) is 12.4. The maximum atomic E-state index is 12.6. The van der Waals surface area contributed by atoms with E-state index in [0.29, 0.717) is 21.9 Å². The average Bonchev–Trinajstić information content (AvgIpc) is 3.24. The van der Waals surface area contributed by atoms with Gasteiger partial charge in [0.15, 0.2) is 0 Å². The van der Waals surface area contributed by atoms with Crippen LogP contribution in [0.5, 0.6) is 0 Å². The van der Waals surface area contributed by atoms with Crippen molar-refractivity contribution in [3.05, 3.63) is 55.9 Å². The number of rotatable bonds is 6. The molecule has 3 rings (SSSR count). The number of aromatic nitrogens is 2. The Morgan fingerprint density at radius 3 is 2.77 bits per heavy atom. The number of amides is 1. The molecule has 0 radical (unpaired) electrons. The molecule has 0 unspecified atom stereocenters. The first kappa shape index (κ1) is 18.2. The summed E-state index contributed by atoms with van der Waals surface area (Å²) < 4.78 is 7.61. The van der Waals surface area contributed by atoms with Gasteiger partial charge in [0.2, 0.25) is 5.91 Å². The van der Waals surface area contributed by atoms with Crippen molar-refractivity contribution in [2.45, 2.75) is 33.4 Å². The minimum Gasteiger partial charge on any atom is -0.467 e. The van der Waals surface area contributed by atoms with Crippen LogP contribution in [0.1, 0.15) is 25.2 Å². The summed E-state index contributed by atoms with van der Waals surface area (Å²) in [4.78, 5) is 37.9. The molecule has 0 fully saturated rings. The summed E-state index contributed by atoms with van der Waals surface area (Å²) in [6.45, 7) is 4.25. The average molecular weight is 375 g/mol. The summed E-state index contributed by atoms with van der Waals surface area (Å²) in [5.74, 6) is 0.698. The van der Waals surface area contributed by atoms with Gasteiger partial charge >= 0.3 is 5.69 Å². The Balaban J connectivity index is 1.94. The minimum absolute atomic E-state index is 0.147. The Bertz CT molecular complexity index is 1040. The molecule has 138 valence electrons. The van der Waals surface area contributed by atoms with Crippen LogP contribution < -0.4 is 16.6 Å². The van der Waals surface area contributed by atoms with Crippen molar-refractivity contribution in [1.82, 2.24) is 14.5 Å². The smallest absolute Gasteiger partial charge is 0.332 e. The van der Waals surface area contributed by atoms with Crippen molar-refractivity contribution in [2.75, 3.05) is 0 Å². The predicted molar refractivity (Wildman–Crippen MR) is 100 cm³/mol. The highest BCUT2D eigenvalue weighted by atomic mass is 32.1. The second-order valence-corrected chi connectivity index (χ2v) is 7.49. The number of carbonyl (C=O) groups is 1. The fourth-order valence-corrected chi connectivity index (χ4v) is 3.93. The molecule has 0 saturated carbocycles. The van der Waals surface area contributed by atoms with E-state index in [1.54, 1.807) is 12.1 Å². The molecule has 7 nitrogen and oxygen atoms in total. The van der Waals surface area contributed by atoms with E-state index < -0.39 is 5.69 Å². The van der Waals surface area contributed by atoms with Crippen LogP contribution in [0, 0.1) is 5.92 Å². The molecule has 0 aromatic carbocycles. The van der Waals surface area contributed by atoms with Crippen molar-refractivity contribution < 1.29 is 9.21 Å². The zero-order chi connectivity index (χ0) is 18.8. The van der Waals surface area contributed by atoms with Gasteiger partial charge in [-0.15, -0.1) is 11.3 Å². The lowest BCUT2D eigenvalue weighted by atomic mass is 10.0.